The van der Waals surface area contributed by atoms with Gasteiger partial charge in [0, 0.05) is 17.2 Å². The largest absolute Gasteiger partial charge is 0.449 e. The van der Waals surface area contributed by atoms with E-state index in [2.05, 4.69) is 5.32 Å². The van der Waals surface area contributed by atoms with Crippen LogP contribution in [0.25, 0.3) is 6.08 Å². The Morgan fingerprint density at radius 3 is 2.42 bits per heavy atom. The third-order valence-corrected chi connectivity index (χ3v) is 3.53. The molecule has 0 fully saturated rings. The lowest BCUT2D eigenvalue weighted by atomic mass is 10.1. The molecule has 0 bridgehead atoms. The number of para-hydroxylation sites is 1. The molecule has 26 heavy (non-hydrogen) atoms. The quantitative estimate of drug-likeness (QED) is 0.488. The first-order valence-corrected chi connectivity index (χ1v) is 7.92. The zero-order valence-corrected chi connectivity index (χ0v) is 14.4. The molecule has 0 radical (unpaired) electrons. The predicted octanol–water partition coefficient (Wildman–Crippen LogP) is 3.61. The van der Waals surface area contributed by atoms with Gasteiger partial charge in [0.05, 0.1) is 5.69 Å². The monoisotopic (exact) mass is 355 g/mol. The molecule has 0 saturated carbocycles. The summed E-state index contributed by atoms with van der Waals surface area (Å²) in [6, 6.07) is 12.5. The van der Waals surface area contributed by atoms with Crippen LogP contribution in [0.3, 0.4) is 0 Å². The molecule has 2 rings (SSSR count). The minimum absolute atomic E-state index is 0.196. The van der Waals surface area contributed by atoms with Crippen molar-refractivity contribution in [3.05, 3.63) is 71.6 Å². The molecule has 6 heteroatoms. The highest BCUT2D eigenvalue weighted by molar-refractivity contribution is 6.05. The van der Waals surface area contributed by atoms with Gasteiger partial charge < -0.3 is 10.1 Å². The van der Waals surface area contributed by atoms with E-state index in [0.29, 0.717) is 11.3 Å². The number of nitrogens with one attached hydrogen (secondary N) is 1. The molecular weight excluding hydrogens is 337 g/mol. The lowest BCUT2D eigenvalue weighted by Gasteiger charge is -2.14. The van der Waals surface area contributed by atoms with Crippen LogP contribution in [-0.4, -0.2) is 23.8 Å². The van der Waals surface area contributed by atoms with E-state index in [1.807, 2.05) is 0 Å². The molecule has 1 N–H and O–H groups in total. The zero-order valence-electron chi connectivity index (χ0n) is 14.4. The van der Waals surface area contributed by atoms with Crippen LogP contribution in [0.1, 0.15) is 29.8 Å². The fourth-order valence-electron chi connectivity index (χ4n) is 2.17. The molecule has 2 aromatic carbocycles. The summed E-state index contributed by atoms with van der Waals surface area (Å²) >= 11 is 0. The fourth-order valence-corrected chi connectivity index (χ4v) is 2.17. The maximum atomic E-state index is 13.5. The van der Waals surface area contributed by atoms with E-state index in [-0.39, 0.29) is 11.3 Å². The summed E-state index contributed by atoms with van der Waals surface area (Å²) in [5.74, 6) is -2.02. The Kier molecular flexibility index (Phi) is 6.38. The second-order valence-corrected chi connectivity index (χ2v) is 5.52. The van der Waals surface area contributed by atoms with Crippen molar-refractivity contribution in [3.63, 3.8) is 0 Å². The third-order valence-electron chi connectivity index (χ3n) is 3.53. The predicted molar refractivity (Wildman–Crippen MR) is 96.1 cm³/mol. The highest BCUT2D eigenvalue weighted by Crippen LogP contribution is 2.16. The summed E-state index contributed by atoms with van der Waals surface area (Å²) in [6.45, 7) is 2.79. The topological polar surface area (TPSA) is 72.5 Å². The molecule has 0 unspecified atom stereocenters. The maximum absolute atomic E-state index is 13.5. The van der Waals surface area contributed by atoms with Crippen LogP contribution in [-0.2, 0) is 14.3 Å². The van der Waals surface area contributed by atoms with Crippen molar-refractivity contribution in [1.82, 2.24) is 0 Å². The van der Waals surface area contributed by atoms with Crippen LogP contribution in [0.2, 0.25) is 0 Å². The number of carbonyl (C=O) groups is 3. The Morgan fingerprint density at radius 1 is 1.08 bits per heavy atom. The molecule has 0 saturated heterocycles. The van der Waals surface area contributed by atoms with Crippen molar-refractivity contribution >= 4 is 29.4 Å². The van der Waals surface area contributed by atoms with Gasteiger partial charge in [0.25, 0.3) is 5.91 Å². The molecule has 0 aliphatic rings. The van der Waals surface area contributed by atoms with E-state index in [0.717, 1.165) is 6.08 Å². The Morgan fingerprint density at radius 2 is 1.73 bits per heavy atom. The number of rotatable bonds is 6. The number of hydrogen-bond donors (Lipinski definition) is 1. The smallest absolute Gasteiger partial charge is 0.331 e. The molecule has 0 heterocycles. The Balaban J connectivity index is 1.98. The van der Waals surface area contributed by atoms with Gasteiger partial charge in [-0.15, -0.1) is 0 Å². The molecule has 5 nitrogen and oxygen atoms in total. The van der Waals surface area contributed by atoms with Gasteiger partial charge in [0.2, 0.25) is 0 Å². The van der Waals surface area contributed by atoms with E-state index in [1.165, 1.54) is 38.1 Å². The molecule has 0 aliphatic carbocycles. The van der Waals surface area contributed by atoms with Crippen molar-refractivity contribution in [2.75, 3.05) is 5.32 Å². The van der Waals surface area contributed by atoms with Gasteiger partial charge >= 0.3 is 5.97 Å². The van der Waals surface area contributed by atoms with Gasteiger partial charge in [-0.25, -0.2) is 9.18 Å². The molecule has 0 aromatic heterocycles. The third kappa shape index (κ3) is 5.11. The summed E-state index contributed by atoms with van der Waals surface area (Å²) < 4.78 is 18.5. The number of ketones is 1. The van der Waals surface area contributed by atoms with Gasteiger partial charge in [-0.05, 0) is 38.1 Å². The highest BCUT2D eigenvalue weighted by Gasteiger charge is 2.18. The van der Waals surface area contributed by atoms with Crippen LogP contribution in [0.15, 0.2) is 54.6 Å². The van der Waals surface area contributed by atoms with Gasteiger partial charge in [0.1, 0.15) is 5.82 Å². The number of esters is 1. The van der Waals surface area contributed by atoms with E-state index in [9.17, 15) is 18.8 Å². The van der Waals surface area contributed by atoms with Gasteiger partial charge in [-0.3, -0.25) is 9.59 Å². The number of hydrogen-bond acceptors (Lipinski definition) is 4. The first kappa shape index (κ1) is 19.1. The summed E-state index contributed by atoms with van der Waals surface area (Å²) in [5.41, 5.74) is 0.936. The number of carbonyl (C=O) groups excluding carboxylic acids is 3. The first-order chi connectivity index (χ1) is 12.4. The molecular formula is C20H18FNO4. The van der Waals surface area contributed by atoms with Crippen LogP contribution in [0.4, 0.5) is 10.1 Å². The number of amides is 1. The lowest BCUT2D eigenvalue weighted by molar-refractivity contribution is -0.148. The lowest BCUT2D eigenvalue weighted by Crippen LogP contribution is -2.30. The average molecular weight is 355 g/mol. The standard InChI is InChI=1S/C20H18FNO4/c1-13(23)16-8-4-6-10-18(16)22-20(25)14(2)26-19(24)12-11-15-7-3-5-9-17(15)21/h3-12,14H,1-2H3,(H,22,25)/b12-11+/t14-/m1/s1. The first-order valence-electron chi connectivity index (χ1n) is 7.92. The van der Waals surface area contributed by atoms with E-state index >= 15 is 0 Å². The number of ether oxygens (including phenoxy) is 1. The summed E-state index contributed by atoms with van der Waals surface area (Å²) in [4.78, 5) is 35.5. The number of halogens is 1. The number of anilines is 1. The molecule has 0 aliphatic heterocycles. The molecule has 1 atom stereocenters. The van der Waals surface area contributed by atoms with Crippen molar-refractivity contribution in [1.29, 1.82) is 0 Å². The molecule has 2 aromatic rings. The van der Waals surface area contributed by atoms with E-state index in [1.54, 1.807) is 30.3 Å². The summed E-state index contributed by atoms with van der Waals surface area (Å²) in [5, 5.41) is 2.56. The molecule has 1 amide bonds. The van der Waals surface area contributed by atoms with E-state index < -0.39 is 23.8 Å². The average Bonchev–Trinajstić information content (AvgIpc) is 2.61. The fraction of sp³-hybridized carbons (Fsp3) is 0.150. The normalized spacial score (nSPS) is 11.8. The Hall–Kier alpha value is -3.28. The van der Waals surface area contributed by atoms with E-state index in [4.69, 9.17) is 4.74 Å². The van der Waals surface area contributed by atoms with Crippen molar-refractivity contribution in [2.45, 2.75) is 20.0 Å². The van der Waals surface area contributed by atoms with Crippen molar-refractivity contribution in [3.8, 4) is 0 Å². The minimum Gasteiger partial charge on any atom is -0.449 e. The minimum atomic E-state index is -1.09. The Bertz CT molecular complexity index is 860. The molecule has 134 valence electrons. The zero-order chi connectivity index (χ0) is 19.1. The van der Waals surface area contributed by atoms with Crippen molar-refractivity contribution < 1.29 is 23.5 Å². The summed E-state index contributed by atoms with van der Waals surface area (Å²) in [7, 11) is 0. The van der Waals surface area contributed by atoms with Crippen molar-refractivity contribution in [2.24, 2.45) is 0 Å². The van der Waals surface area contributed by atoms with Crippen LogP contribution >= 0.6 is 0 Å². The second kappa shape index (κ2) is 8.71. The van der Waals surface area contributed by atoms with Gasteiger partial charge in [-0.2, -0.15) is 0 Å². The van der Waals surface area contributed by atoms with Gasteiger partial charge in [-0.1, -0.05) is 30.3 Å². The molecule has 0 spiro atoms. The second-order valence-electron chi connectivity index (χ2n) is 5.52. The summed E-state index contributed by atoms with van der Waals surface area (Å²) in [6.07, 6.45) is 1.23. The van der Waals surface area contributed by atoms with Crippen LogP contribution in [0, 0.1) is 5.82 Å². The maximum Gasteiger partial charge on any atom is 0.331 e. The SMILES string of the molecule is CC(=O)c1ccccc1NC(=O)[C@@H](C)OC(=O)/C=C/c1ccccc1F. The van der Waals surface area contributed by atoms with Crippen LogP contribution in [0.5, 0.6) is 0 Å². The van der Waals surface area contributed by atoms with Crippen LogP contribution < -0.4 is 5.32 Å². The van der Waals surface area contributed by atoms with Gasteiger partial charge in [0.15, 0.2) is 11.9 Å². The highest BCUT2D eigenvalue weighted by atomic mass is 19.1. The number of benzene rings is 2. The number of Topliss-reactive ketones (excluding diaryl/α,β-unsaturated/α-hetero) is 1. The Labute approximate surface area is 150 Å².